The molecule has 0 atom stereocenters. The molecule has 0 aliphatic heterocycles. The first-order chi connectivity index (χ1) is 12.1. The summed E-state index contributed by atoms with van der Waals surface area (Å²) in [6, 6.07) is 16.6. The number of nitro benzene ring substituents is 1. The lowest BCUT2D eigenvalue weighted by Crippen LogP contribution is -2.14. The second kappa shape index (κ2) is 7.26. The Labute approximate surface area is 142 Å². The molecule has 1 aromatic heterocycles. The number of amides is 1. The predicted molar refractivity (Wildman–Crippen MR) is 90.3 cm³/mol. The number of rotatable bonds is 6. The largest absolute Gasteiger partial charge is 0.464 e. The van der Waals surface area contributed by atoms with E-state index in [-0.39, 0.29) is 29.8 Å². The Morgan fingerprint density at radius 1 is 1.12 bits per heavy atom. The van der Waals surface area contributed by atoms with Crippen LogP contribution in [0.5, 0.6) is 5.75 Å². The molecule has 0 unspecified atom stereocenters. The van der Waals surface area contributed by atoms with Gasteiger partial charge in [0.05, 0.1) is 4.92 Å². The first-order valence-corrected chi connectivity index (χ1v) is 7.39. The third-order valence-electron chi connectivity index (χ3n) is 3.32. The van der Waals surface area contributed by atoms with E-state index in [0.717, 1.165) is 0 Å². The van der Waals surface area contributed by atoms with Crippen molar-refractivity contribution in [1.29, 1.82) is 0 Å². The minimum absolute atomic E-state index is 0.0521. The third-order valence-corrected chi connectivity index (χ3v) is 3.32. The Bertz CT molecular complexity index is 892. The normalized spacial score (nSPS) is 10.2. The molecule has 0 radical (unpaired) electrons. The van der Waals surface area contributed by atoms with Crippen LogP contribution < -0.4 is 10.1 Å². The third kappa shape index (κ3) is 3.99. The number of carbonyl (C=O) groups is 1. The van der Waals surface area contributed by atoms with Crippen molar-refractivity contribution in [3.63, 3.8) is 0 Å². The number of ether oxygens (including phenoxy) is 1. The van der Waals surface area contributed by atoms with Crippen molar-refractivity contribution in [2.24, 2.45) is 0 Å². The summed E-state index contributed by atoms with van der Waals surface area (Å²) in [5.74, 6) is -0.214. The van der Waals surface area contributed by atoms with Gasteiger partial charge in [-0.2, -0.15) is 5.10 Å². The first kappa shape index (κ1) is 16.2. The summed E-state index contributed by atoms with van der Waals surface area (Å²) in [6.07, 6.45) is 1.56. The van der Waals surface area contributed by atoms with Crippen molar-refractivity contribution >= 4 is 17.3 Å². The fourth-order valence-electron chi connectivity index (χ4n) is 2.14. The highest BCUT2D eigenvalue weighted by molar-refractivity contribution is 6.02. The Morgan fingerprint density at radius 2 is 1.84 bits per heavy atom. The number of nitro groups is 1. The number of hydrogen-bond acceptors (Lipinski definition) is 5. The Hall–Kier alpha value is -3.68. The van der Waals surface area contributed by atoms with Crippen LogP contribution in [0.3, 0.4) is 0 Å². The summed E-state index contributed by atoms with van der Waals surface area (Å²) >= 11 is 0. The van der Waals surface area contributed by atoms with Crippen molar-refractivity contribution in [3.8, 4) is 5.75 Å². The Morgan fingerprint density at radius 3 is 2.60 bits per heavy atom. The second-order valence-electron chi connectivity index (χ2n) is 5.06. The molecule has 0 saturated carbocycles. The molecule has 0 spiro atoms. The van der Waals surface area contributed by atoms with Gasteiger partial charge in [-0.15, -0.1) is 0 Å². The molecule has 3 rings (SSSR count). The highest BCUT2D eigenvalue weighted by Gasteiger charge is 2.14. The number of anilines is 1. The highest BCUT2D eigenvalue weighted by Crippen LogP contribution is 2.25. The van der Waals surface area contributed by atoms with Gasteiger partial charge in [-0.05, 0) is 24.3 Å². The van der Waals surface area contributed by atoms with Gasteiger partial charge in [0.15, 0.2) is 18.2 Å². The lowest BCUT2D eigenvalue weighted by Gasteiger charge is -2.06. The molecule has 3 aromatic rings. The summed E-state index contributed by atoms with van der Waals surface area (Å²) in [6.45, 7) is -0.0521. The molecule has 0 aliphatic carbocycles. The molecule has 0 saturated heterocycles. The second-order valence-corrected chi connectivity index (χ2v) is 5.06. The average molecular weight is 338 g/mol. The van der Waals surface area contributed by atoms with E-state index in [1.807, 2.05) is 18.2 Å². The van der Waals surface area contributed by atoms with E-state index in [9.17, 15) is 14.9 Å². The summed E-state index contributed by atoms with van der Waals surface area (Å²) < 4.78 is 6.81. The van der Waals surface area contributed by atoms with Gasteiger partial charge < -0.3 is 10.1 Å². The van der Waals surface area contributed by atoms with Crippen LogP contribution in [-0.2, 0) is 6.73 Å². The number of aromatic nitrogens is 2. The molecule has 0 aliphatic rings. The predicted octanol–water partition coefficient (Wildman–Crippen LogP) is 3.08. The lowest BCUT2D eigenvalue weighted by molar-refractivity contribution is -0.386. The van der Waals surface area contributed by atoms with Crippen molar-refractivity contribution in [2.45, 2.75) is 6.73 Å². The number of nitrogens with zero attached hydrogens (tertiary/aromatic N) is 3. The highest BCUT2D eigenvalue weighted by atomic mass is 16.6. The fraction of sp³-hybridized carbons (Fsp3) is 0.0588. The van der Waals surface area contributed by atoms with Gasteiger partial charge in [0, 0.05) is 18.0 Å². The molecule has 0 fully saturated rings. The summed E-state index contributed by atoms with van der Waals surface area (Å²) in [5.41, 5.74) is 0.755. The molecular formula is C17H14N4O4. The zero-order chi connectivity index (χ0) is 17.6. The van der Waals surface area contributed by atoms with Crippen LogP contribution in [0.1, 0.15) is 10.5 Å². The number of carbonyl (C=O) groups excluding carboxylic acids is 1. The number of hydrogen-bond donors (Lipinski definition) is 1. The average Bonchev–Trinajstić information content (AvgIpc) is 3.10. The minimum Gasteiger partial charge on any atom is -0.464 e. The maximum atomic E-state index is 12.1. The van der Waals surface area contributed by atoms with E-state index in [2.05, 4.69) is 10.4 Å². The van der Waals surface area contributed by atoms with E-state index in [4.69, 9.17) is 4.74 Å². The van der Waals surface area contributed by atoms with Crippen LogP contribution in [0.2, 0.25) is 0 Å². The molecule has 8 nitrogen and oxygen atoms in total. The zero-order valence-electron chi connectivity index (χ0n) is 13.0. The van der Waals surface area contributed by atoms with E-state index in [1.165, 1.54) is 16.8 Å². The molecule has 0 bridgehead atoms. The van der Waals surface area contributed by atoms with Crippen LogP contribution in [0, 0.1) is 10.1 Å². The maximum Gasteiger partial charge on any atom is 0.311 e. The van der Waals surface area contributed by atoms with E-state index < -0.39 is 4.92 Å². The van der Waals surface area contributed by atoms with Gasteiger partial charge >= 0.3 is 5.69 Å². The van der Waals surface area contributed by atoms with Gasteiger partial charge in [0.25, 0.3) is 5.91 Å². The number of para-hydroxylation sites is 3. The maximum absolute atomic E-state index is 12.1. The van der Waals surface area contributed by atoms with Crippen LogP contribution in [-0.4, -0.2) is 20.6 Å². The molecule has 8 heteroatoms. The van der Waals surface area contributed by atoms with Crippen LogP contribution in [0.25, 0.3) is 0 Å². The van der Waals surface area contributed by atoms with Crippen LogP contribution in [0.4, 0.5) is 11.4 Å². The monoisotopic (exact) mass is 338 g/mol. The Kier molecular flexibility index (Phi) is 4.70. The van der Waals surface area contributed by atoms with E-state index in [0.29, 0.717) is 5.69 Å². The van der Waals surface area contributed by atoms with Crippen LogP contribution >= 0.6 is 0 Å². The van der Waals surface area contributed by atoms with Gasteiger partial charge in [-0.1, -0.05) is 30.3 Å². The van der Waals surface area contributed by atoms with Gasteiger partial charge in [0.2, 0.25) is 0 Å². The smallest absolute Gasteiger partial charge is 0.311 e. The molecule has 2 aromatic carbocycles. The standard InChI is InChI=1S/C17H14N4O4/c22-17(18-13-6-2-1-3-7-13)14-10-11-20(19-14)12-25-16-9-5-4-8-15(16)21(23)24/h1-11H,12H2,(H,18,22). The SMILES string of the molecule is O=C(Nc1ccccc1)c1ccn(COc2ccccc2[N+](=O)[O-])n1. The number of nitrogens with one attached hydrogen (secondary N) is 1. The van der Waals surface area contributed by atoms with Crippen LogP contribution in [0.15, 0.2) is 66.9 Å². The summed E-state index contributed by atoms with van der Waals surface area (Å²) in [7, 11) is 0. The number of benzene rings is 2. The first-order valence-electron chi connectivity index (χ1n) is 7.39. The molecular weight excluding hydrogens is 324 g/mol. The topological polar surface area (TPSA) is 99.3 Å². The van der Waals surface area contributed by atoms with Crippen molar-refractivity contribution < 1.29 is 14.5 Å². The van der Waals surface area contributed by atoms with Gasteiger partial charge in [-0.3, -0.25) is 14.9 Å². The van der Waals surface area contributed by atoms with Crippen molar-refractivity contribution in [2.75, 3.05) is 5.32 Å². The fourth-order valence-corrected chi connectivity index (χ4v) is 2.14. The molecule has 1 heterocycles. The quantitative estimate of drug-likeness (QED) is 0.550. The van der Waals surface area contributed by atoms with Gasteiger partial charge in [0.1, 0.15) is 0 Å². The lowest BCUT2D eigenvalue weighted by atomic mass is 10.3. The summed E-state index contributed by atoms with van der Waals surface area (Å²) in [4.78, 5) is 22.6. The zero-order valence-corrected chi connectivity index (χ0v) is 13.0. The molecule has 1 N–H and O–H groups in total. The van der Waals surface area contributed by atoms with E-state index in [1.54, 1.807) is 36.5 Å². The molecule has 126 valence electrons. The summed E-state index contributed by atoms with van der Waals surface area (Å²) in [5, 5.41) is 17.8. The molecule has 1 amide bonds. The molecule has 25 heavy (non-hydrogen) atoms. The van der Waals surface area contributed by atoms with Gasteiger partial charge in [-0.25, -0.2) is 4.68 Å². The van der Waals surface area contributed by atoms with Crippen molar-refractivity contribution in [3.05, 3.63) is 82.7 Å². The minimum atomic E-state index is -0.517. The van der Waals surface area contributed by atoms with Crippen molar-refractivity contribution in [1.82, 2.24) is 9.78 Å². The Balaban J connectivity index is 1.64. The van der Waals surface area contributed by atoms with E-state index >= 15 is 0 Å².